The third kappa shape index (κ3) is 3.51. The van der Waals surface area contributed by atoms with E-state index in [0.29, 0.717) is 23.4 Å². The molecule has 0 N–H and O–H groups in total. The second-order valence-electron chi connectivity index (χ2n) is 7.17. The molecule has 2 heterocycles. The average Bonchev–Trinajstić information content (AvgIpc) is 3.44. The van der Waals surface area contributed by atoms with Gasteiger partial charge in [0.1, 0.15) is 0 Å². The van der Waals surface area contributed by atoms with Crippen LogP contribution >= 0.6 is 0 Å². The summed E-state index contributed by atoms with van der Waals surface area (Å²) in [5.74, 6) is 1.99. The maximum absolute atomic E-state index is 5.47. The molecule has 0 amide bonds. The van der Waals surface area contributed by atoms with E-state index < -0.39 is 0 Å². The minimum atomic E-state index is 0.486. The van der Waals surface area contributed by atoms with Crippen molar-refractivity contribution in [3.63, 3.8) is 0 Å². The summed E-state index contributed by atoms with van der Waals surface area (Å²) in [5, 5.41) is 8.28. The van der Waals surface area contributed by atoms with E-state index in [0.717, 1.165) is 33.4 Å². The number of aryl methyl sites for hydroxylation is 2. The minimum absolute atomic E-state index is 0.486. The van der Waals surface area contributed by atoms with Crippen molar-refractivity contribution in [2.45, 2.75) is 13.8 Å². The van der Waals surface area contributed by atoms with Gasteiger partial charge in [-0.25, -0.2) is 0 Å². The Morgan fingerprint density at radius 2 is 0.967 bits per heavy atom. The molecule has 0 unspecified atom stereocenters. The molecule has 5 rings (SSSR count). The number of benzene rings is 3. The quantitative estimate of drug-likeness (QED) is 0.387. The van der Waals surface area contributed by atoms with Crippen molar-refractivity contribution in [3.8, 4) is 45.7 Å². The zero-order chi connectivity index (χ0) is 20.5. The summed E-state index contributed by atoms with van der Waals surface area (Å²) in [6.45, 7) is 4.06. The summed E-state index contributed by atoms with van der Waals surface area (Å²) in [4.78, 5) is 9.09. The van der Waals surface area contributed by atoms with Gasteiger partial charge in [0.25, 0.3) is 11.8 Å². The molecule has 30 heavy (non-hydrogen) atoms. The van der Waals surface area contributed by atoms with Crippen LogP contribution in [-0.2, 0) is 0 Å². The summed E-state index contributed by atoms with van der Waals surface area (Å²) in [6.07, 6.45) is 0. The van der Waals surface area contributed by atoms with Crippen LogP contribution in [0.5, 0.6) is 0 Å². The highest BCUT2D eigenvalue weighted by Gasteiger charge is 2.14. The van der Waals surface area contributed by atoms with Crippen LogP contribution in [0, 0.1) is 13.8 Å². The van der Waals surface area contributed by atoms with E-state index in [4.69, 9.17) is 9.05 Å². The van der Waals surface area contributed by atoms with Crippen LogP contribution in [0.2, 0.25) is 0 Å². The van der Waals surface area contributed by atoms with E-state index in [2.05, 4.69) is 20.3 Å². The predicted octanol–water partition coefficient (Wildman–Crippen LogP) is 5.74. The monoisotopic (exact) mass is 394 g/mol. The molecule has 0 aliphatic heterocycles. The average molecular weight is 394 g/mol. The Morgan fingerprint density at radius 1 is 0.533 bits per heavy atom. The van der Waals surface area contributed by atoms with Gasteiger partial charge in [-0.05, 0) is 44.2 Å². The first-order valence-corrected chi connectivity index (χ1v) is 9.58. The van der Waals surface area contributed by atoms with Crippen LogP contribution in [0.15, 0.2) is 81.8 Å². The van der Waals surface area contributed by atoms with Gasteiger partial charge in [-0.15, -0.1) is 0 Å². The smallest absolute Gasteiger partial charge is 0.258 e. The van der Waals surface area contributed by atoms with E-state index in [-0.39, 0.29) is 0 Å². The van der Waals surface area contributed by atoms with Gasteiger partial charge in [-0.3, -0.25) is 0 Å². The molecule has 3 aromatic carbocycles. The van der Waals surface area contributed by atoms with Crippen LogP contribution in [0.1, 0.15) is 11.1 Å². The summed E-state index contributed by atoms with van der Waals surface area (Å²) < 4.78 is 10.9. The van der Waals surface area contributed by atoms with Gasteiger partial charge in [0.15, 0.2) is 0 Å². The Kier molecular flexibility index (Phi) is 4.44. The lowest BCUT2D eigenvalue weighted by Gasteiger charge is -1.98. The van der Waals surface area contributed by atoms with Crippen molar-refractivity contribution < 1.29 is 9.05 Å². The van der Waals surface area contributed by atoms with Crippen molar-refractivity contribution in [2.24, 2.45) is 0 Å². The fraction of sp³-hybridized carbons (Fsp3) is 0.0833. The van der Waals surface area contributed by atoms with E-state index in [9.17, 15) is 0 Å². The van der Waals surface area contributed by atoms with Crippen LogP contribution < -0.4 is 0 Å². The lowest BCUT2D eigenvalue weighted by atomic mass is 10.1. The van der Waals surface area contributed by atoms with Crippen LogP contribution in [0.25, 0.3) is 45.7 Å². The summed E-state index contributed by atoms with van der Waals surface area (Å²) in [7, 11) is 0. The molecule has 0 bridgehead atoms. The number of hydrogen-bond donors (Lipinski definition) is 0. The highest BCUT2D eigenvalue weighted by Crippen LogP contribution is 2.27. The van der Waals surface area contributed by atoms with Crippen LogP contribution in [0.4, 0.5) is 0 Å². The molecule has 2 aromatic heterocycles. The molecule has 0 aliphatic rings. The maximum atomic E-state index is 5.47. The molecule has 6 nitrogen and oxygen atoms in total. The van der Waals surface area contributed by atoms with Crippen molar-refractivity contribution in [1.29, 1.82) is 0 Å². The predicted molar refractivity (Wildman–Crippen MR) is 113 cm³/mol. The van der Waals surface area contributed by atoms with Gasteiger partial charge in [-0.2, -0.15) is 9.97 Å². The molecule has 146 valence electrons. The maximum Gasteiger partial charge on any atom is 0.258 e. The molecular weight excluding hydrogens is 376 g/mol. The second-order valence-corrected chi connectivity index (χ2v) is 7.17. The van der Waals surface area contributed by atoms with Gasteiger partial charge in [-0.1, -0.05) is 63.9 Å². The first kappa shape index (κ1) is 18.0. The lowest BCUT2D eigenvalue weighted by molar-refractivity contribution is 0.432. The molecule has 6 heteroatoms. The van der Waals surface area contributed by atoms with E-state index in [1.165, 1.54) is 0 Å². The Balaban J connectivity index is 1.46. The molecule has 0 aliphatic carbocycles. The fourth-order valence-electron chi connectivity index (χ4n) is 3.27. The minimum Gasteiger partial charge on any atom is -0.334 e. The Hall–Kier alpha value is -4.06. The molecule has 0 spiro atoms. The van der Waals surface area contributed by atoms with Crippen LogP contribution in [-0.4, -0.2) is 20.3 Å². The highest BCUT2D eigenvalue weighted by molar-refractivity contribution is 5.68. The standard InChI is InChI=1S/C24H18N4O2/c1-15-6-3-10-19(12-15)23-25-21(27-29-23)17-8-5-9-18(14-17)22-26-24(30-28-22)20-11-4-7-16(2)13-20/h3-14H,1-2H3. The lowest BCUT2D eigenvalue weighted by Crippen LogP contribution is -1.85. The number of hydrogen-bond acceptors (Lipinski definition) is 6. The normalized spacial score (nSPS) is 11.0. The molecule has 0 saturated carbocycles. The fourth-order valence-corrected chi connectivity index (χ4v) is 3.27. The van der Waals surface area contributed by atoms with E-state index in [1.807, 2.05) is 86.6 Å². The Labute approximate surface area is 173 Å². The SMILES string of the molecule is Cc1cccc(-c2nc(-c3cccc(-c4noc(-c5cccc(C)c5)n4)c3)no2)c1. The number of nitrogens with zero attached hydrogens (tertiary/aromatic N) is 4. The Morgan fingerprint density at radius 3 is 1.43 bits per heavy atom. The Bertz CT molecular complexity index is 1240. The summed E-state index contributed by atoms with van der Waals surface area (Å²) in [5.41, 5.74) is 5.69. The van der Waals surface area contributed by atoms with Crippen LogP contribution in [0.3, 0.4) is 0 Å². The molecular formula is C24H18N4O2. The molecule has 0 saturated heterocycles. The zero-order valence-corrected chi connectivity index (χ0v) is 16.5. The third-order valence-electron chi connectivity index (χ3n) is 4.76. The van der Waals surface area contributed by atoms with Gasteiger partial charge in [0.2, 0.25) is 11.6 Å². The van der Waals surface area contributed by atoms with Gasteiger partial charge in [0, 0.05) is 22.3 Å². The second kappa shape index (κ2) is 7.40. The van der Waals surface area contributed by atoms with Crippen molar-refractivity contribution in [2.75, 3.05) is 0 Å². The van der Waals surface area contributed by atoms with Crippen molar-refractivity contribution in [3.05, 3.63) is 83.9 Å². The number of rotatable bonds is 4. The first-order chi connectivity index (χ1) is 14.7. The van der Waals surface area contributed by atoms with Crippen molar-refractivity contribution >= 4 is 0 Å². The summed E-state index contributed by atoms with van der Waals surface area (Å²) >= 11 is 0. The molecule has 0 fully saturated rings. The topological polar surface area (TPSA) is 77.8 Å². The van der Waals surface area contributed by atoms with E-state index >= 15 is 0 Å². The first-order valence-electron chi connectivity index (χ1n) is 9.58. The van der Waals surface area contributed by atoms with Gasteiger partial charge < -0.3 is 9.05 Å². The highest BCUT2D eigenvalue weighted by atomic mass is 16.5. The number of aromatic nitrogens is 4. The molecule has 5 aromatic rings. The van der Waals surface area contributed by atoms with E-state index in [1.54, 1.807) is 0 Å². The van der Waals surface area contributed by atoms with Gasteiger partial charge in [0.05, 0.1) is 0 Å². The summed E-state index contributed by atoms with van der Waals surface area (Å²) in [6, 6.07) is 23.6. The molecule has 0 atom stereocenters. The largest absolute Gasteiger partial charge is 0.334 e. The zero-order valence-electron chi connectivity index (χ0n) is 16.5. The third-order valence-corrected chi connectivity index (χ3v) is 4.76. The van der Waals surface area contributed by atoms with Gasteiger partial charge >= 0.3 is 0 Å². The van der Waals surface area contributed by atoms with Crippen molar-refractivity contribution in [1.82, 2.24) is 20.3 Å². The molecule has 0 radical (unpaired) electrons.